The highest BCUT2D eigenvalue weighted by molar-refractivity contribution is 6.03. The highest BCUT2D eigenvalue weighted by Gasteiger charge is 2.08. The number of hydrogen-bond acceptors (Lipinski definition) is 4. The first-order valence-electron chi connectivity index (χ1n) is 6.35. The molecule has 3 aromatic rings. The minimum atomic E-state index is -0.281. The molecule has 2 aromatic heterocycles. The summed E-state index contributed by atoms with van der Waals surface area (Å²) in [5.74, 6) is -0.281. The van der Waals surface area contributed by atoms with Gasteiger partial charge in [-0.05, 0) is 30.3 Å². The maximum absolute atomic E-state index is 12.1. The van der Waals surface area contributed by atoms with Crippen LogP contribution in [0.5, 0.6) is 0 Å². The fraction of sp³-hybridized carbons (Fsp3) is 0. The number of anilines is 2. The van der Waals surface area contributed by atoms with E-state index in [0.29, 0.717) is 17.1 Å². The molecule has 4 N–H and O–H groups in total. The van der Waals surface area contributed by atoms with Gasteiger partial charge < -0.3 is 11.1 Å². The van der Waals surface area contributed by atoms with E-state index < -0.39 is 0 Å². The van der Waals surface area contributed by atoms with E-state index in [4.69, 9.17) is 5.73 Å². The predicted molar refractivity (Wildman–Crippen MR) is 80.6 cm³/mol. The first-order valence-corrected chi connectivity index (χ1v) is 6.35. The van der Waals surface area contributed by atoms with Crippen molar-refractivity contribution in [3.05, 3.63) is 60.6 Å². The highest BCUT2D eigenvalue weighted by atomic mass is 16.1. The number of nitrogens with one attached hydrogen (secondary N) is 2. The number of rotatable bonds is 3. The van der Waals surface area contributed by atoms with Crippen LogP contribution < -0.4 is 11.1 Å². The Bertz CT molecular complexity index is 750. The van der Waals surface area contributed by atoms with Gasteiger partial charge in [0.15, 0.2) is 0 Å². The van der Waals surface area contributed by atoms with E-state index in [1.54, 1.807) is 18.3 Å². The quantitative estimate of drug-likeness (QED) is 0.685. The number of nitrogen functional groups attached to an aromatic ring is 1. The Morgan fingerprint density at radius 1 is 1.19 bits per heavy atom. The molecule has 0 aliphatic rings. The molecule has 0 saturated heterocycles. The average molecular weight is 279 g/mol. The number of carbonyl (C=O) groups excluding carboxylic acids is 1. The second-order valence-electron chi connectivity index (χ2n) is 4.48. The maximum atomic E-state index is 12.1. The van der Waals surface area contributed by atoms with Crippen LogP contribution in [0.15, 0.2) is 54.9 Å². The van der Waals surface area contributed by atoms with Gasteiger partial charge in [-0.15, -0.1) is 0 Å². The van der Waals surface area contributed by atoms with Crippen LogP contribution in [0, 0.1) is 0 Å². The summed E-state index contributed by atoms with van der Waals surface area (Å²) in [7, 11) is 0. The topological polar surface area (TPSA) is 96.7 Å². The molecule has 0 radical (unpaired) electrons. The molecule has 0 fully saturated rings. The SMILES string of the molecule is Nc1ccc(C(=O)Nc2cccc(-c3ccn[nH]3)c2)nc1. The molecule has 104 valence electrons. The van der Waals surface area contributed by atoms with Crippen LogP contribution in [-0.4, -0.2) is 21.1 Å². The molecule has 0 aliphatic heterocycles. The monoisotopic (exact) mass is 279 g/mol. The van der Waals surface area contributed by atoms with Crippen LogP contribution in [0.3, 0.4) is 0 Å². The minimum absolute atomic E-state index is 0.281. The largest absolute Gasteiger partial charge is 0.397 e. The molecular formula is C15H13N5O. The second kappa shape index (κ2) is 5.46. The van der Waals surface area contributed by atoms with Crippen LogP contribution in [0.4, 0.5) is 11.4 Å². The fourth-order valence-electron chi connectivity index (χ4n) is 1.92. The summed E-state index contributed by atoms with van der Waals surface area (Å²) in [4.78, 5) is 16.1. The van der Waals surface area contributed by atoms with Crippen molar-refractivity contribution in [2.24, 2.45) is 0 Å². The summed E-state index contributed by atoms with van der Waals surface area (Å²) in [6.45, 7) is 0. The van der Waals surface area contributed by atoms with Gasteiger partial charge in [0, 0.05) is 17.4 Å². The Morgan fingerprint density at radius 3 is 2.81 bits per heavy atom. The Balaban J connectivity index is 1.80. The van der Waals surface area contributed by atoms with E-state index >= 15 is 0 Å². The van der Waals surface area contributed by atoms with Crippen LogP contribution in [0.1, 0.15) is 10.5 Å². The van der Waals surface area contributed by atoms with E-state index in [9.17, 15) is 4.79 Å². The standard InChI is InChI=1S/C15H13N5O/c16-11-4-5-14(17-9-11)15(21)19-12-3-1-2-10(8-12)13-6-7-18-20-13/h1-9H,16H2,(H,18,20)(H,19,21). The van der Waals surface area contributed by atoms with Gasteiger partial charge in [-0.3, -0.25) is 9.89 Å². The van der Waals surface area contributed by atoms with Gasteiger partial charge in [0.05, 0.1) is 17.6 Å². The molecule has 0 saturated carbocycles. The molecule has 2 heterocycles. The molecule has 1 amide bonds. The maximum Gasteiger partial charge on any atom is 0.274 e. The lowest BCUT2D eigenvalue weighted by Crippen LogP contribution is -2.13. The number of pyridine rings is 1. The van der Waals surface area contributed by atoms with Crippen LogP contribution in [0.25, 0.3) is 11.3 Å². The summed E-state index contributed by atoms with van der Waals surface area (Å²) in [6.07, 6.45) is 3.13. The van der Waals surface area contributed by atoms with Crippen molar-refractivity contribution < 1.29 is 4.79 Å². The normalized spacial score (nSPS) is 10.3. The van der Waals surface area contributed by atoms with E-state index in [-0.39, 0.29) is 5.91 Å². The zero-order valence-electron chi connectivity index (χ0n) is 11.1. The van der Waals surface area contributed by atoms with Gasteiger partial charge in [-0.25, -0.2) is 4.98 Å². The first-order chi connectivity index (χ1) is 10.2. The summed E-state index contributed by atoms with van der Waals surface area (Å²) in [6, 6.07) is 12.6. The van der Waals surface area contributed by atoms with E-state index in [1.165, 1.54) is 6.20 Å². The highest BCUT2D eigenvalue weighted by Crippen LogP contribution is 2.20. The first kappa shape index (κ1) is 12.9. The third-order valence-corrected chi connectivity index (χ3v) is 2.95. The third kappa shape index (κ3) is 2.89. The van der Waals surface area contributed by atoms with Crippen molar-refractivity contribution in [1.29, 1.82) is 0 Å². The summed E-state index contributed by atoms with van der Waals surface area (Å²) < 4.78 is 0. The molecule has 6 heteroatoms. The zero-order chi connectivity index (χ0) is 14.7. The minimum Gasteiger partial charge on any atom is -0.397 e. The lowest BCUT2D eigenvalue weighted by molar-refractivity contribution is 0.102. The van der Waals surface area contributed by atoms with Gasteiger partial charge in [0.2, 0.25) is 0 Å². The number of nitrogens with two attached hydrogens (primary N) is 1. The number of amides is 1. The van der Waals surface area contributed by atoms with E-state index in [2.05, 4.69) is 20.5 Å². The number of hydrogen-bond donors (Lipinski definition) is 3. The number of aromatic nitrogens is 3. The fourth-order valence-corrected chi connectivity index (χ4v) is 1.92. The summed E-state index contributed by atoms with van der Waals surface area (Å²) >= 11 is 0. The van der Waals surface area contributed by atoms with Gasteiger partial charge in [0.1, 0.15) is 5.69 Å². The third-order valence-electron chi connectivity index (χ3n) is 2.95. The summed E-state index contributed by atoms with van der Waals surface area (Å²) in [5.41, 5.74) is 8.90. The van der Waals surface area contributed by atoms with Gasteiger partial charge in [-0.2, -0.15) is 5.10 Å². The van der Waals surface area contributed by atoms with E-state index in [0.717, 1.165) is 11.3 Å². The van der Waals surface area contributed by atoms with Gasteiger partial charge >= 0.3 is 0 Å². The zero-order valence-corrected chi connectivity index (χ0v) is 11.1. The van der Waals surface area contributed by atoms with Gasteiger partial charge in [-0.1, -0.05) is 12.1 Å². The Kier molecular flexibility index (Phi) is 3.34. The van der Waals surface area contributed by atoms with Crippen molar-refractivity contribution in [2.45, 2.75) is 0 Å². The molecule has 0 aliphatic carbocycles. The molecule has 0 atom stereocenters. The smallest absolute Gasteiger partial charge is 0.274 e. The van der Waals surface area contributed by atoms with Crippen molar-refractivity contribution in [3.8, 4) is 11.3 Å². The molecule has 3 rings (SSSR count). The number of aromatic amines is 1. The van der Waals surface area contributed by atoms with Crippen molar-refractivity contribution in [3.63, 3.8) is 0 Å². The van der Waals surface area contributed by atoms with Crippen molar-refractivity contribution in [1.82, 2.24) is 15.2 Å². The Hall–Kier alpha value is -3.15. The number of benzene rings is 1. The average Bonchev–Trinajstić information content (AvgIpc) is 3.02. The van der Waals surface area contributed by atoms with Gasteiger partial charge in [0.25, 0.3) is 5.91 Å². The molecule has 0 bridgehead atoms. The van der Waals surface area contributed by atoms with Crippen LogP contribution in [-0.2, 0) is 0 Å². The molecule has 1 aromatic carbocycles. The molecular weight excluding hydrogens is 266 g/mol. The van der Waals surface area contributed by atoms with Crippen LogP contribution >= 0.6 is 0 Å². The number of nitrogens with zero attached hydrogens (tertiary/aromatic N) is 2. The van der Waals surface area contributed by atoms with Crippen molar-refractivity contribution >= 4 is 17.3 Å². The summed E-state index contributed by atoms with van der Waals surface area (Å²) in [5, 5.41) is 9.60. The molecule has 6 nitrogen and oxygen atoms in total. The van der Waals surface area contributed by atoms with Crippen molar-refractivity contribution in [2.75, 3.05) is 11.1 Å². The predicted octanol–water partition coefficient (Wildman–Crippen LogP) is 2.31. The molecule has 0 unspecified atom stereocenters. The lowest BCUT2D eigenvalue weighted by Gasteiger charge is -2.06. The lowest BCUT2D eigenvalue weighted by atomic mass is 10.1. The second-order valence-corrected chi connectivity index (χ2v) is 4.48. The molecule has 0 spiro atoms. The Labute approximate surface area is 121 Å². The Morgan fingerprint density at radius 2 is 2.10 bits per heavy atom. The van der Waals surface area contributed by atoms with Crippen LogP contribution in [0.2, 0.25) is 0 Å². The van der Waals surface area contributed by atoms with E-state index in [1.807, 2.05) is 30.3 Å². The number of H-pyrrole nitrogens is 1. The molecule has 21 heavy (non-hydrogen) atoms. The number of carbonyl (C=O) groups is 1.